The second kappa shape index (κ2) is 8.53. The van der Waals surface area contributed by atoms with Crippen LogP contribution in [0.5, 0.6) is 0 Å². The number of nitrogens with one attached hydrogen (secondary N) is 1. The lowest BCUT2D eigenvalue weighted by atomic mass is 10.1. The molecular weight excluding hydrogens is 384 g/mol. The number of amides is 1. The molecule has 0 aliphatic heterocycles. The number of fused-ring (bicyclic) bond motifs is 1. The Bertz CT molecular complexity index is 1140. The molecule has 0 bridgehead atoms. The standard InChI is InChI=1S/C22H22N4O2S/c1-3-12-26-21(17-11-13-28-15(17)2)24-25-22(26)29-14-20(27)23-19-10-6-8-16-7-4-5-9-18(16)19/h4-11,13H,3,12,14H2,1-2H3,(H,23,27). The predicted octanol–water partition coefficient (Wildman–Crippen LogP) is 5.14. The molecule has 0 spiro atoms. The minimum absolute atomic E-state index is 0.0709. The zero-order valence-corrected chi connectivity index (χ0v) is 17.2. The van der Waals surface area contributed by atoms with Crippen molar-refractivity contribution in [3.8, 4) is 11.4 Å². The lowest BCUT2D eigenvalue weighted by molar-refractivity contribution is -0.113. The first-order valence-corrected chi connectivity index (χ1v) is 10.5. The van der Waals surface area contributed by atoms with Crippen molar-refractivity contribution in [1.82, 2.24) is 14.8 Å². The molecule has 1 amide bonds. The number of benzene rings is 2. The zero-order chi connectivity index (χ0) is 20.2. The van der Waals surface area contributed by atoms with Crippen LogP contribution in [0.4, 0.5) is 5.69 Å². The lowest BCUT2D eigenvalue weighted by Gasteiger charge is -2.10. The molecule has 6 nitrogen and oxygen atoms in total. The summed E-state index contributed by atoms with van der Waals surface area (Å²) < 4.78 is 7.46. The number of hydrogen-bond acceptors (Lipinski definition) is 5. The molecule has 0 aliphatic rings. The van der Waals surface area contributed by atoms with Gasteiger partial charge < -0.3 is 14.3 Å². The third kappa shape index (κ3) is 4.05. The van der Waals surface area contributed by atoms with E-state index in [1.165, 1.54) is 11.8 Å². The first-order valence-electron chi connectivity index (χ1n) is 9.55. The number of furan rings is 1. The summed E-state index contributed by atoms with van der Waals surface area (Å²) in [7, 11) is 0. The summed E-state index contributed by atoms with van der Waals surface area (Å²) in [5.41, 5.74) is 1.75. The van der Waals surface area contributed by atoms with Gasteiger partial charge in [0.2, 0.25) is 5.91 Å². The molecule has 2 aromatic heterocycles. The minimum Gasteiger partial charge on any atom is -0.469 e. The SMILES string of the molecule is CCCn1c(SCC(=O)Nc2cccc3ccccc23)nnc1-c1ccoc1C. The Morgan fingerprint density at radius 2 is 1.97 bits per heavy atom. The van der Waals surface area contributed by atoms with Crippen LogP contribution in [0.1, 0.15) is 19.1 Å². The highest BCUT2D eigenvalue weighted by Crippen LogP contribution is 2.28. The van der Waals surface area contributed by atoms with E-state index in [2.05, 4.69) is 22.4 Å². The fraction of sp³-hybridized carbons (Fsp3) is 0.227. The molecule has 0 saturated carbocycles. The van der Waals surface area contributed by atoms with E-state index in [9.17, 15) is 4.79 Å². The quantitative estimate of drug-likeness (QED) is 0.430. The molecular formula is C22H22N4O2S. The van der Waals surface area contributed by atoms with Crippen molar-refractivity contribution < 1.29 is 9.21 Å². The van der Waals surface area contributed by atoms with E-state index in [0.29, 0.717) is 0 Å². The topological polar surface area (TPSA) is 73.0 Å². The molecule has 0 saturated heterocycles. The molecule has 4 rings (SSSR count). The van der Waals surface area contributed by atoms with Gasteiger partial charge in [-0.15, -0.1) is 10.2 Å². The van der Waals surface area contributed by atoms with Gasteiger partial charge in [0.1, 0.15) is 5.76 Å². The number of thioether (sulfide) groups is 1. The first kappa shape index (κ1) is 19.3. The molecule has 0 unspecified atom stereocenters. The Balaban J connectivity index is 1.49. The Kier molecular flexibility index (Phi) is 5.67. The smallest absolute Gasteiger partial charge is 0.234 e. The van der Waals surface area contributed by atoms with Crippen LogP contribution in [0.25, 0.3) is 22.2 Å². The van der Waals surface area contributed by atoms with Crippen molar-refractivity contribution in [2.24, 2.45) is 0 Å². The van der Waals surface area contributed by atoms with Crippen LogP contribution in [0.15, 0.2) is 64.4 Å². The van der Waals surface area contributed by atoms with Gasteiger partial charge in [0.05, 0.1) is 17.6 Å². The summed E-state index contributed by atoms with van der Waals surface area (Å²) in [6.07, 6.45) is 2.60. The summed E-state index contributed by atoms with van der Waals surface area (Å²) in [6, 6.07) is 15.8. The highest BCUT2D eigenvalue weighted by Gasteiger charge is 2.18. The number of hydrogen-bond donors (Lipinski definition) is 1. The number of rotatable bonds is 7. The highest BCUT2D eigenvalue weighted by atomic mass is 32.2. The number of carbonyl (C=O) groups is 1. The van der Waals surface area contributed by atoms with E-state index in [1.807, 2.05) is 60.0 Å². The molecule has 29 heavy (non-hydrogen) atoms. The average Bonchev–Trinajstić information content (AvgIpc) is 3.32. The normalized spacial score (nSPS) is 11.1. The number of carbonyl (C=O) groups excluding carboxylic acids is 1. The van der Waals surface area contributed by atoms with Crippen LogP contribution in [0, 0.1) is 6.92 Å². The van der Waals surface area contributed by atoms with Crippen molar-refractivity contribution in [3.63, 3.8) is 0 Å². The molecule has 0 aliphatic carbocycles. The second-order valence-corrected chi connectivity index (χ2v) is 7.65. The fourth-order valence-electron chi connectivity index (χ4n) is 3.29. The van der Waals surface area contributed by atoms with Crippen molar-refractivity contribution in [1.29, 1.82) is 0 Å². The number of anilines is 1. The average molecular weight is 407 g/mol. The Morgan fingerprint density at radius 1 is 1.14 bits per heavy atom. The van der Waals surface area contributed by atoms with Gasteiger partial charge in [0.25, 0.3) is 0 Å². The maximum absolute atomic E-state index is 12.6. The van der Waals surface area contributed by atoms with Gasteiger partial charge in [-0.25, -0.2) is 0 Å². The van der Waals surface area contributed by atoms with Gasteiger partial charge in [-0.1, -0.05) is 55.1 Å². The summed E-state index contributed by atoms with van der Waals surface area (Å²) >= 11 is 1.39. The summed E-state index contributed by atoms with van der Waals surface area (Å²) in [6.45, 7) is 4.79. The molecule has 148 valence electrons. The van der Waals surface area contributed by atoms with Crippen LogP contribution < -0.4 is 5.32 Å². The third-order valence-corrected chi connectivity index (χ3v) is 5.63. The maximum Gasteiger partial charge on any atom is 0.234 e. The number of nitrogens with zero attached hydrogens (tertiary/aromatic N) is 3. The Morgan fingerprint density at radius 3 is 2.76 bits per heavy atom. The van der Waals surface area contributed by atoms with Crippen molar-refractivity contribution in [2.75, 3.05) is 11.1 Å². The van der Waals surface area contributed by atoms with Gasteiger partial charge in [0, 0.05) is 17.6 Å². The second-order valence-electron chi connectivity index (χ2n) is 6.71. The maximum atomic E-state index is 12.6. The van der Waals surface area contributed by atoms with Crippen molar-refractivity contribution >= 4 is 34.1 Å². The fourth-order valence-corrected chi connectivity index (χ4v) is 4.05. The van der Waals surface area contributed by atoms with Crippen LogP contribution in [-0.4, -0.2) is 26.4 Å². The molecule has 1 N–H and O–H groups in total. The van der Waals surface area contributed by atoms with E-state index >= 15 is 0 Å². The van der Waals surface area contributed by atoms with E-state index in [1.54, 1.807) is 6.26 Å². The molecule has 2 heterocycles. The molecule has 4 aromatic rings. The number of aromatic nitrogens is 3. The van der Waals surface area contributed by atoms with Crippen molar-refractivity contribution in [2.45, 2.75) is 32.0 Å². The van der Waals surface area contributed by atoms with E-state index in [4.69, 9.17) is 4.42 Å². The number of aryl methyl sites for hydroxylation is 1. The van der Waals surface area contributed by atoms with E-state index < -0.39 is 0 Å². The largest absolute Gasteiger partial charge is 0.469 e. The summed E-state index contributed by atoms with van der Waals surface area (Å²) in [5, 5.41) is 14.5. The summed E-state index contributed by atoms with van der Waals surface area (Å²) in [4.78, 5) is 12.6. The molecule has 0 fully saturated rings. The summed E-state index contributed by atoms with van der Waals surface area (Å²) in [5.74, 6) is 1.77. The van der Waals surface area contributed by atoms with Crippen LogP contribution in [0.2, 0.25) is 0 Å². The van der Waals surface area contributed by atoms with E-state index in [0.717, 1.165) is 51.7 Å². The van der Waals surface area contributed by atoms with Crippen LogP contribution in [-0.2, 0) is 11.3 Å². The van der Waals surface area contributed by atoms with Gasteiger partial charge in [0.15, 0.2) is 11.0 Å². The van der Waals surface area contributed by atoms with Gasteiger partial charge >= 0.3 is 0 Å². The van der Waals surface area contributed by atoms with Gasteiger partial charge in [-0.2, -0.15) is 0 Å². The monoisotopic (exact) mass is 406 g/mol. The lowest BCUT2D eigenvalue weighted by Crippen LogP contribution is -2.15. The van der Waals surface area contributed by atoms with Crippen LogP contribution >= 0.6 is 11.8 Å². The van der Waals surface area contributed by atoms with Gasteiger partial charge in [-0.05, 0) is 30.9 Å². The molecule has 2 aromatic carbocycles. The molecule has 0 radical (unpaired) electrons. The Labute approximate surface area is 173 Å². The van der Waals surface area contributed by atoms with Gasteiger partial charge in [-0.3, -0.25) is 4.79 Å². The van der Waals surface area contributed by atoms with Crippen LogP contribution in [0.3, 0.4) is 0 Å². The molecule has 0 atom stereocenters. The molecule has 7 heteroatoms. The van der Waals surface area contributed by atoms with E-state index in [-0.39, 0.29) is 11.7 Å². The first-order chi connectivity index (χ1) is 14.2. The minimum atomic E-state index is -0.0709. The third-order valence-electron chi connectivity index (χ3n) is 4.66. The highest BCUT2D eigenvalue weighted by molar-refractivity contribution is 7.99. The Hall–Kier alpha value is -3.06. The van der Waals surface area contributed by atoms with Crippen molar-refractivity contribution in [3.05, 3.63) is 60.6 Å². The predicted molar refractivity (Wildman–Crippen MR) is 116 cm³/mol. The zero-order valence-electron chi connectivity index (χ0n) is 16.4.